The van der Waals surface area contributed by atoms with Crippen LogP contribution in [0.5, 0.6) is 11.5 Å². The molecule has 0 radical (unpaired) electrons. The van der Waals surface area contributed by atoms with Gasteiger partial charge in [0.2, 0.25) is 5.90 Å². The maximum atomic E-state index is 13.5. The minimum Gasteiger partial charge on any atom is -0.493 e. The fraction of sp³-hybridized carbons (Fsp3) is 0.105. The molecular weight excluding hydrogens is 396 g/mol. The maximum Gasteiger partial charge on any atom is 0.363 e. The SMILES string of the molecule is COc1ccc(/C=C2\N=C(c3cc(F)c(F)cc3Cl)OC2=O)cc1OC(C)=O. The minimum absolute atomic E-state index is 0.0624. The van der Waals surface area contributed by atoms with Gasteiger partial charge in [0.25, 0.3) is 0 Å². The van der Waals surface area contributed by atoms with Gasteiger partial charge in [-0.2, -0.15) is 0 Å². The molecule has 0 saturated heterocycles. The molecule has 0 spiro atoms. The predicted molar refractivity (Wildman–Crippen MR) is 96.3 cm³/mol. The molecule has 144 valence electrons. The molecule has 0 fully saturated rings. The van der Waals surface area contributed by atoms with E-state index in [1.165, 1.54) is 26.2 Å². The van der Waals surface area contributed by atoms with E-state index in [2.05, 4.69) is 4.99 Å². The van der Waals surface area contributed by atoms with Crippen LogP contribution in [0.2, 0.25) is 5.02 Å². The van der Waals surface area contributed by atoms with Crippen molar-refractivity contribution in [2.24, 2.45) is 4.99 Å². The first-order valence-corrected chi connectivity index (χ1v) is 8.20. The molecule has 0 N–H and O–H groups in total. The van der Waals surface area contributed by atoms with Gasteiger partial charge in [-0.05, 0) is 35.9 Å². The average molecular weight is 408 g/mol. The van der Waals surface area contributed by atoms with Crippen LogP contribution in [0.15, 0.2) is 41.0 Å². The van der Waals surface area contributed by atoms with Crippen molar-refractivity contribution >= 4 is 35.5 Å². The summed E-state index contributed by atoms with van der Waals surface area (Å²) in [5, 5.41) is -0.159. The standard InChI is InChI=1S/C19H12ClF2NO5/c1-9(24)27-17-6-10(3-4-16(17)26-2)5-15-19(25)28-18(23-15)11-7-13(21)14(22)8-12(11)20/h3-8H,1-2H3/b15-5-. The fourth-order valence-corrected chi connectivity index (χ4v) is 2.62. The summed E-state index contributed by atoms with van der Waals surface area (Å²) in [6.07, 6.45) is 1.37. The zero-order valence-corrected chi connectivity index (χ0v) is 15.3. The second kappa shape index (κ2) is 7.77. The Morgan fingerprint density at radius 3 is 2.57 bits per heavy atom. The summed E-state index contributed by atoms with van der Waals surface area (Å²) in [6.45, 7) is 1.24. The van der Waals surface area contributed by atoms with Gasteiger partial charge in [-0.1, -0.05) is 17.7 Å². The molecule has 2 aromatic carbocycles. The number of methoxy groups -OCH3 is 1. The van der Waals surface area contributed by atoms with E-state index >= 15 is 0 Å². The summed E-state index contributed by atoms with van der Waals surface area (Å²) in [6, 6.07) is 6.17. The molecular formula is C19H12ClF2NO5. The molecule has 0 aliphatic carbocycles. The van der Waals surface area contributed by atoms with E-state index in [1.807, 2.05) is 0 Å². The van der Waals surface area contributed by atoms with E-state index in [4.69, 9.17) is 25.8 Å². The van der Waals surface area contributed by atoms with Gasteiger partial charge >= 0.3 is 11.9 Å². The lowest BCUT2D eigenvalue weighted by molar-refractivity contribution is -0.132. The van der Waals surface area contributed by atoms with E-state index in [0.717, 1.165) is 12.1 Å². The molecule has 1 aliphatic rings. The van der Waals surface area contributed by atoms with Crippen molar-refractivity contribution in [3.63, 3.8) is 0 Å². The number of ether oxygens (including phenoxy) is 3. The number of esters is 2. The average Bonchev–Trinajstić information content (AvgIpc) is 2.98. The quantitative estimate of drug-likeness (QED) is 0.332. The number of halogens is 3. The zero-order chi connectivity index (χ0) is 20.4. The predicted octanol–water partition coefficient (Wildman–Crippen LogP) is 3.90. The summed E-state index contributed by atoms with van der Waals surface area (Å²) >= 11 is 5.88. The van der Waals surface area contributed by atoms with Crippen LogP contribution in [0, 0.1) is 11.6 Å². The van der Waals surface area contributed by atoms with Crippen molar-refractivity contribution < 1.29 is 32.6 Å². The molecule has 28 heavy (non-hydrogen) atoms. The molecule has 1 aliphatic heterocycles. The van der Waals surface area contributed by atoms with Gasteiger partial charge in [0.05, 0.1) is 17.7 Å². The molecule has 9 heteroatoms. The van der Waals surface area contributed by atoms with E-state index in [0.29, 0.717) is 11.3 Å². The van der Waals surface area contributed by atoms with Gasteiger partial charge in [-0.15, -0.1) is 0 Å². The molecule has 6 nitrogen and oxygen atoms in total. The number of hydrogen-bond donors (Lipinski definition) is 0. The Labute approximate surface area is 163 Å². The Morgan fingerprint density at radius 2 is 1.89 bits per heavy atom. The van der Waals surface area contributed by atoms with Crippen molar-refractivity contribution in [1.29, 1.82) is 0 Å². The van der Waals surface area contributed by atoms with Crippen molar-refractivity contribution in [3.05, 3.63) is 63.8 Å². The third-order valence-electron chi connectivity index (χ3n) is 3.61. The fourth-order valence-electron chi connectivity index (χ4n) is 2.39. The van der Waals surface area contributed by atoms with E-state index in [-0.39, 0.29) is 27.9 Å². The van der Waals surface area contributed by atoms with E-state index < -0.39 is 23.6 Å². The summed E-state index contributed by atoms with van der Waals surface area (Å²) in [4.78, 5) is 27.3. The number of rotatable bonds is 4. The van der Waals surface area contributed by atoms with Gasteiger partial charge < -0.3 is 14.2 Å². The number of nitrogens with zero attached hydrogens (tertiary/aromatic N) is 1. The molecule has 0 unspecified atom stereocenters. The highest BCUT2D eigenvalue weighted by Crippen LogP contribution is 2.30. The molecule has 0 bridgehead atoms. The van der Waals surface area contributed by atoms with Crippen LogP contribution < -0.4 is 9.47 Å². The Hall–Kier alpha value is -3.26. The molecule has 0 amide bonds. The van der Waals surface area contributed by atoms with Crippen LogP contribution in [0.25, 0.3) is 6.08 Å². The molecule has 0 aromatic heterocycles. The summed E-state index contributed by atoms with van der Waals surface area (Å²) in [7, 11) is 1.41. The first-order valence-electron chi connectivity index (χ1n) is 7.82. The van der Waals surface area contributed by atoms with Crippen LogP contribution >= 0.6 is 11.6 Å². The Bertz CT molecular complexity index is 1050. The maximum absolute atomic E-state index is 13.5. The lowest BCUT2D eigenvalue weighted by Gasteiger charge is -2.08. The molecule has 0 atom stereocenters. The first-order chi connectivity index (χ1) is 13.3. The van der Waals surface area contributed by atoms with E-state index in [9.17, 15) is 18.4 Å². The molecule has 2 aromatic rings. The zero-order valence-electron chi connectivity index (χ0n) is 14.6. The highest BCUT2D eigenvalue weighted by Gasteiger charge is 2.27. The topological polar surface area (TPSA) is 74.2 Å². The second-order valence-electron chi connectivity index (χ2n) is 5.59. The summed E-state index contributed by atoms with van der Waals surface area (Å²) in [5.41, 5.74) is 0.299. The highest BCUT2D eigenvalue weighted by atomic mass is 35.5. The molecule has 0 saturated carbocycles. The van der Waals surface area contributed by atoms with Crippen LogP contribution in [-0.2, 0) is 14.3 Å². The largest absolute Gasteiger partial charge is 0.493 e. The van der Waals surface area contributed by atoms with Gasteiger partial charge in [0.15, 0.2) is 28.8 Å². The third kappa shape index (κ3) is 4.01. The van der Waals surface area contributed by atoms with E-state index in [1.54, 1.807) is 12.1 Å². The number of benzene rings is 2. The number of aliphatic imine (C=N–C) groups is 1. The van der Waals surface area contributed by atoms with Gasteiger partial charge in [-0.3, -0.25) is 4.79 Å². The normalized spacial score (nSPS) is 14.7. The van der Waals surface area contributed by atoms with Crippen molar-refractivity contribution in [2.75, 3.05) is 7.11 Å². The number of carbonyl (C=O) groups excluding carboxylic acids is 2. The number of carbonyl (C=O) groups is 2. The lowest BCUT2D eigenvalue weighted by Crippen LogP contribution is -2.07. The summed E-state index contributed by atoms with van der Waals surface area (Å²) < 4.78 is 41.9. The van der Waals surface area contributed by atoms with Crippen LogP contribution in [0.3, 0.4) is 0 Å². The van der Waals surface area contributed by atoms with Gasteiger partial charge in [0.1, 0.15) is 0 Å². The van der Waals surface area contributed by atoms with Crippen molar-refractivity contribution in [3.8, 4) is 11.5 Å². The Morgan fingerprint density at radius 1 is 1.18 bits per heavy atom. The first kappa shape index (κ1) is 19.5. The Kier molecular flexibility index (Phi) is 5.41. The number of cyclic esters (lactones) is 1. The molecule has 1 heterocycles. The van der Waals surface area contributed by atoms with Gasteiger partial charge in [-0.25, -0.2) is 18.6 Å². The third-order valence-corrected chi connectivity index (χ3v) is 3.92. The molecule has 3 rings (SSSR count). The van der Waals surface area contributed by atoms with Crippen molar-refractivity contribution in [2.45, 2.75) is 6.92 Å². The highest BCUT2D eigenvalue weighted by molar-refractivity contribution is 6.34. The Balaban J connectivity index is 1.98. The van der Waals surface area contributed by atoms with Crippen LogP contribution in [0.4, 0.5) is 8.78 Å². The second-order valence-corrected chi connectivity index (χ2v) is 5.99. The smallest absolute Gasteiger partial charge is 0.363 e. The van der Waals surface area contributed by atoms with Crippen LogP contribution in [-0.4, -0.2) is 24.9 Å². The minimum atomic E-state index is -1.16. The number of hydrogen-bond acceptors (Lipinski definition) is 6. The summed E-state index contributed by atoms with van der Waals surface area (Å²) in [5.74, 6) is -3.42. The van der Waals surface area contributed by atoms with Crippen molar-refractivity contribution in [1.82, 2.24) is 0 Å². The lowest BCUT2D eigenvalue weighted by atomic mass is 10.1. The van der Waals surface area contributed by atoms with Crippen LogP contribution in [0.1, 0.15) is 18.1 Å². The monoisotopic (exact) mass is 407 g/mol. The van der Waals surface area contributed by atoms with Gasteiger partial charge in [0, 0.05) is 6.92 Å².